The molecule has 0 amide bonds. The first-order valence-corrected chi connectivity index (χ1v) is 8.22. The smallest absolute Gasteiger partial charge is 0.336 e. The van der Waals surface area contributed by atoms with Crippen LogP contribution in [0.15, 0.2) is 51.7 Å². The Bertz CT molecular complexity index is 918. The van der Waals surface area contributed by atoms with Crippen LogP contribution in [-0.4, -0.2) is 6.61 Å². The van der Waals surface area contributed by atoms with Crippen LogP contribution in [0, 0.1) is 19.8 Å². The first kappa shape index (κ1) is 16.3. The topological polar surface area (TPSA) is 39.4 Å². The van der Waals surface area contributed by atoms with E-state index in [0.29, 0.717) is 18.1 Å². The minimum absolute atomic E-state index is 0.331. The summed E-state index contributed by atoms with van der Waals surface area (Å²) < 4.78 is 11.1. The molecule has 0 atom stereocenters. The van der Waals surface area contributed by atoms with Gasteiger partial charge in [-0.25, -0.2) is 4.79 Å². The quantitative estimate of drug-likeness (QED) is 0.626. The summed E-state index contributed by atoms with van der Waals surface area (Å²) in [5.41, 5.74) is 4.37. The Balaban J connectivity index is 2.07. The molecule has 1 heterocycles. The van der Waals surface area contributed by atoms with E-state index < -0.39 is 0 Å². The van der Waals surface area contributed by atoms with Gasteiger partial charge in [0.05, 0.1) is 6.61 Å². The molecule has 0 fully saturated rings. The molecular formula is C21H22O3. The van der Waals surface area contributed by atoms with Crippen molar-refractivity contribution in [3.05, 3.63) is 64.0 Å². The van der Waals surface area contributed by atoms with Crippen LogP contribution in [0.4, 0.5) is 0 Å². The van der Waals surface area contributed by atoms with Crippen LogP contribution >= 0.6 is 0 Å². The number of hydrogen-bond donors (Lipinski definition) is 0. The number of aryl methyl sites for hydroxylation is 2. The monoisotopic (exact) mass is 322 g/mol. The molecule has 0 aliphatic heterocycles. The maximum Gasteiger partial charge on any atom is 0.336 e. The number of benzene rings is 2. The Hall–Kier alpha value is -2.55. The molecule has 1 aromatic heterocycles. The Morgan fingerprint density at radius 3 is 2.42 bits per heavy atom. The molecule has 3 heteroatoms. The molecule has 2 aromatic carbocycles. The maximum atomic E-state index is 12.0. The minimum Gasteiger partial charge on any atom is -0.493 e. The second-order valence-electron chi connectivity index (χ2n) is 6.66. The summed E-state index contributed by atoms with van der Waals surface area (Å²) in [5, 5.41) is 0.982. The average molecular weight is 322 g/mol. The molecular weight excluding hydrogens is 300 g/mol. The van der Waals surface area contributed by atoms with E-state index in [1.807, 2.05) is 44.2 Å². The van der Waals surface area contributed by atoms with Crippen molar-refractivity contribution in [3.63, 3.8) is 0 Å². The van der Waals surface area contributed by atoms with Gasteiger partial charge < -0.3 is 9.15 Å². The van der Waals surface area contributed by atoms with Gasteiger partial charge in [0.1, 0.15) is 11.3 Å². The molecule has 3 rings (SSSR count). The fourth-order valence-electron chi connectivity index (χ4n) is 2.90. The van der Waals surface area contributed by atoms with E-state index in [1.165, 1.54) is 0 Å². The molecule has 0 aliphatic carbocycles. The van der Waals surface area contributed by atoms with Crippen molar-refractivity contribution in [3.8, 4) is 16.9 Å². The van der Waals surface area contributed by atoms with Gasteiger partial charge >= 0.3 is 5.63 Å². The van der Waals surface area contributed by atoms with Gasteiger partial charge in [0, 0.05) is 17.0 Å². The fourth-order valence-corrected chi connectivity index (χ4v) is 2.90. The van der Waals surface area contributed by atoms with Crippen LogP contribution in [0.2, 0.25) is 0 Å². The van der Waals surface area contributed by atoms with E-state index in [1.54, 1.807) is 6.07 Å². The summed E-state index contributed by atoms with van der Waals surface area (Å²) in [6.45, 7) is 8.97. The summed E-state index contributed by atoms with van der Waals surface area (Å²) in [4.78, 5) is 12.0. The fraction of sp³-hybridized carbons (Fsp3) is 0.286. The van der Waals surface area contributed by atoms with Crippen molar-refractivity contribution >= 4 is 11.0 Å². The van der Waals surface area contributed by atoms with Gasteiger partial charge in [-0.3, -0.25) is 0 Å². The maximum absolute atomic E-state index is 12.0. The lowest BCUT2D eigenvalue weighted by Gasteiger charge is -2.11. The Morgan fingerprint density at radius 2 is 1.75 bits per heavy atom. The predicted molar refractivity (Wildman–Crippen MR) is 97.7 cm³/mol. The van der Waals surface area contributed by atoms with Gasteiger partial charge in [-0.2, -0.15) is 0 Å². The average Bonchev–Trinajstić information content (AvgIpc) is 2.52. The van der Waals surface area contributed by atoms with Crippen LogP contribution in [0.5, 0.6) is 5.75 Å². The van der Waals surface area contributed by atoms with E-state index >= 15 is 0 Å². The molecule has 24 heavy (non-hydrogen) atoms. The van der Waals surface area contributed by atoms with Crippen molar-refractivity contribution in [1.82, 2.24) is 0 Å². The van der Waals surface area contributed by atoms with Gasteiger partial charge in [-0.1, -0.05) is 32.0 Å². The van der Waals surface area contributed by atoms with E-state index in [9.17, 15) is 4.79 Å². The lowest BCUT2D eigenvalue weighted by atomic mass is 9.97. The zero-order chi connectivity index (χ0) is 17.3. The second-order valence-corrected chi connectivity index (χ2v) is 6.66. The van der Waals surface area contributed by atoms with Crippen molar-refractivity contribution < 1.29 is 9.15 Å². The Labute approximate surface area is 141 Å². The highest BCUT2D eigenvalue weighted by atomic mass is 16.5. The van der Waals surface area contributed by atoms with Gasteiger partial charge in [0.25, 0.3) is 0 Å². The molecule has 0 bridgehead atoms. The molecule has 0 unspecified atom stereocenters. The summed E-state index contributed by atoms with van der Waals surface area (Å²) in [6.07, 6.45) is 0. The van der Waals surface area contributed by atoms with Gasteiger partial charge in [0.15, 0.2) is 0 Å². The van der Waals surface area contributed by atoms with E-state index in [0.717, 1.165) is 33.4 Å². The molecule has 3 nitrogen and oxygen atoms in total. The molecule has 0 saturated heterocycles. The zero-order valence-electron chi connectivity index (χ0n) is 14.6. The SMILES string of the molecule is Cc1cc(C)c2c(-c3ccc(OCC(C)C)cc3)cc(=O)oc2c1. The van der Waals surface area contributed by atoms with E-state index in [2.05, 4.69) is 19.9 Å². The third kappa shape index (κ3) is 3.35. The van der Waals surface area contributed by atoms with Crippen molar-refractivity contribution in [2.75, 3.05) is 6.61 Å². The van der Waals surface area contributed by atoms with E-state index in [4.69, 9.17) is 9.15 Å². The molecule has 0 saturated carbocycles. The van der Waals surface area contributed by atoms with Gasteiger partial charge in [-0.05, 0) is 54.7 Å². The van der Waals surface area contributed by atoms with Crippen LogP contribution in [0.25, 0.3) is 22.1 Å². The Morgan fingerprint density at radius 1 is 1.04 bits per heavy atom. The molecule has 124 valence electrons. The third-order valence-corrected chi connectivity index (χ3v) is 3.93. The van der Waals surface area contributed by atoms with Crippen LogP contribution in [0.1, 0.15) is 25.0 Å². The largest absolute Gasteiger partial charge is 0.493 e. The molecule has 0 spiro atoms. The van der Waals surface area contributed by atoms with Crippen LogP contribution in [-0.2, 0) is 0 Å². The van der Waals surface area contributed by atoms with Gasteiger partial charge in [-0.15, -0.1) is 0 Å². The summed E-state index contributed by atoms with van der Waals surface area (Å²) in [5.74, 6) is 1.32. The normalized spacial score (nSPS) is 11.2. The summed E-state index contributed by atoms with van der Waals surface area (Å²) in [7, 11) is 0. The number of ether oxygens (including phenoxy) is 1. The lowest BCUT2D eigenvalue weighted by molar-refractivity contribution is 0.271. The lowest BCUT2D eigenvalue weighted by Crippen LogP contribution is -2.04. The highest BCUT2D eigenvalue weighted by Gasteiger charge is 2.11. The van der Waals surface area contributed by atoms with Crippen molar-refractivity contribution in [1.29, 1.82) is 0 Å². The summed E-state index contributed by atoms with van der Waals surface area (Å²) in [6, 6.07) is 13.4. The zero-order valence-corrected chi connectivity index (χ0v) is 14.6. The number of rotatable bonds is 4. The minimum atomic E-state index is -0.331. The molecule has 0 aliphatic rings. The first-order valence-electron chi connectivity index (χ1n) is 8.22. The third-order valence-electron chi connectivity index (χ3n) is 3.93. The standard InChI is InChI=1S/C21H22O3/c1-13(2)12-23-17-7-5-16(6-8-17)18-11-20(22)24-19-10-14(3)9-15(4)21(18)19/h5-11,13H,12H2,1-4H3. The highest BCUT2D eigenvalue weighted by molar-refractivity contribution is 5.95. The van der Waals surface area contributed by atoms with Crippen molar-refractivity contribution in [2.45, 2.75) is 27.7 Å². The van der Waals surface area contributed by atoms with Gasteiger partial charge in [0.2, 0.25) is 0 Å². The number of fused-ring (bicyclic) bond motifs is 1. The second kappa shape index (κ2) is 6.52. The summed E-state index contributed by atoms with van der Waals surface area (Å²) >= 11 is 0. The molecule has 0 N–H and O–H groups in total. The molecule has 3 aromatic rings. The predicted octanol–water partition coefficient (Wildman–Crippen LogP) is 5.11. The molecule has 0 radical (unpaired) electrons. The Kier molecular flexibility index (Phi) is 4.43. The van der Waals surface area contributed by atoms with E-state index in [-0.39, 0.29) is 5.63 Å². The highest BCUT2D eigenvalue weighted by Crippen LogP contribution is 2.31. The number of hydrogen-bond acceptors (Lipinski definition) is 3. The van der Waals surface area contributed by atoms with Crippen LogP contribution in [0.3, 0.4) is 0 Å². The van der Waals surface area contributed by atoms with Crippen molar-refractivity contribution in [2.24, 2.45) is 5.92 Å². The first-order chi connectivity index (χ1) is 11.4. The van der Waals surface area contributed by atoms with Crippen LogP contribution < -0.4 is 10.4 Å².